The van der Waals surface area contributed by atoms with Crippen LogP contribution in [0, 0.1) is 5.92 Å². The molecule has 1 unspecified atom stereocenters. The number of carbonyl (C=O) groups is 1. The molecule has 244 valence electrons. The van der Waals surface area contributed by atoms with Crippen molar-refractivity contribution in [3.8, 4) is 0 Å². The van der Waals surface area contributed by atoms with Crippen LogP contribution in [0.3, 0.4) is 0 Å². The number of halogens is 21. The molecule has 1 nitrogen and oxygen atoms in total. The van der Waals surface area contributed by atoms with Crippen molar-refractivity contribution in [2.24, 2.45) is 5.92 Å². The van der Waals surface area contributed by atoms with Gasteiger partial charge in [-0.1, -0.05) is 30.3 Å². The van der Waals surface area contributed by atoms with Crippen molar-refractivity contribution in [1.29, 1.82) is 0 Å². The number of ketones is 1. The molecule has 1 atom stereocenters. The van der Waals surface area contributed by atoms with E-state index < -0.39 is 83.2 Å². The first-order chi connectivity index (χ1) is 18.2. The molecule has 1 aromatic carbocycles. The molecule has 0 saturated carbocycles. The third-order valence-corrected chi connectivity index (χ3v) is 5.75. The van der Waals surface area contributed by atoms with Crippen LogP contribution in [0.15, 0.2) is 30.3 Å². The zero-order chi connectivity index (χ0) is 34.0. The Kier molecular flexibility index (Phi) is 9.15. The normalized spacial score (nSPS) is 16.4. The number of benzene rings is 1. The van der Waals surface area contributed by atoms with Crippen molar-refractivity contribution in [2.75, 3.05) is 0 Å². The lowest BCUT2D eigenvalue weighted by Gasteiger charge is -2.45. The Balaban J connectivity index is 3.82. The number of alkyl halides is 21. The Labute approximate surface area is 218 Å². The van der Waals surface area contributed by atoms with Gasteiger partial charge >= 0.3 is 59.5 Å². The summed E-state index contributed by atoms with van der Waals surface area (Å²) in [5, 5.41) is 0. The Hall–Kier alpha value is -2.58. The highest BCUT2D eigenvalue weighted by Crippen LogP contribution is 2.66. The average Bonchev–Trinajstić information content (AvgIpc) is 2.81. The lowest BCUT2D eigenvalue weighted by Crippen LogP contribution is -2.77. The number of hydrogen-bond acceptors (Lipinski definition) is 1. The molecule has 0 aliphatic carbocycles. The fourth-order valence-corrected chi connectivity index (χ4v) is 3.17. The van der Waals surface area contributed by atoms with Crippen LogP contribution in [0.25, 0.3) is 0 Å². The predicted octanol–water partition coefficient (Wildman–Crippen LogP) is 8.71. The Morgan fingerprint density at radius 2 is 0.786 bits per heavy atom. The highest BCUT2D eigenvalue weighted by atomic mass is 19.4. The number of hydrogen-bond donors (Lipinski definition) is 0. The molecule has 0 spiro atoms. The van der Waals surface area contributed by atoms with E-state index >= 15 is 0 Å². The molecule has 0 aromatic heterocycles. The molecule has 0 saturated heterocycles. The van der Waals surface area contributed by atoms with E-state index in [-0.39, 0.29) is 6.92 Å². The van der Waals surface area contributed by atoms with Gasteiger partial charge in [0.15, 0.2) is 0 Å². The standard InChI is InChI=1S/C20H11F21O/c1-8(42)10(7-9-5-3-2-4-6-9)11(21,22)12(23,24)13(25,26)14(27,28)15(29,30)16(31,32)17(33,34)18(35,36)19(37,38)20(39,40)41/h2-6,10H,7H2,1H3. The zero-order valence-corrected chi connectivity index (χ0v) is 19.5. The van der Waals surface area contributed by atoms with Gasteiger partial charge in [0.2, 0.25) is 0 Å². The van der Waals surface area contributed by atoms with Crippen LogP contribution in [-0.4, -0.2) is 65.3 Å². The Morgan fingerprint density at radius 1 is 0.500 bits per heavy atom. The van der Waals surface area contributed by atoms with Gasteiger partial charge in [0.05, 0.1) is 5.92 Å². The maximum atomic E-state index is 14.5. The molecule has 0 aliphatic heterocycles. The molecular formula is C20H11F21O. The Morgan fingerprint density at radius 3 is 1.07 bits per heavy atom. The summed E-state index contributed by atoms with van der Waals surface area (Å²) in [6.07, 6.45) is -9.81. The minimum absolute atomic E-state index is 0.0555. The van der Waals surface area contributed by atoms with E-state index in [2.05, 4.69) is 0 Å². The molecule has 1 aromatic rings. The van der Waals surface area contributed by atoms with Gasteiger partial charge in [0.25, 0.3) is 0 Å². The summed E-state index contributed by atoms with van der Waals surface area (Å²) in [7, 11) is 0. The maximum Gasteiger partial charge on any atom is 0.460 e. The second-order valence-corrected chi connectivity index (χ2v) is 8.57. The summed E-state index contributed by atoms with van der Waals surface area (Å²) in [5.74, 6) is -84.1. The quantitative estimate of drug-likeness (QED) is 0.204. The molecular weight excluding hydrogens is 655 g/mol. The lowest BCUT2D eigenvalue weighted by atomic mass is 9.81. The van der Waals surface area contributed by atoms with E-state index in [0.717, 1.165) is 30.3 Å². The summed E-state index contributed by atoms with van der Waals surface area (Å²) < 4.78 is 284. The average molecular weight is 666 g/mol. The number of Topliss-reactive ketones (excluding diaryl/α,β-unsaturated/α-hetero) is 1. The molecule has 0 heterocycles. The van der Waals surface area contributed by atoms with Gasteiger partial charge in [-0.05, 0) is 18.9 Å². The molecule has 0 fully saturated rings. The SMILES string of the molecule is CC(=O)C(Cc1ccccc1)C(F)(F)C(F)(F)C(F)(F)C(F)(F)C(F)(F)C(F)(F)C(F)(F)C(F)(F)C(F)(F)C(F)(F)F. The summed E-state index contributed by atoms with van der Waals surface area (Å²) in [6.45, 7) is -0.0555. The van der Waals surface area contributed by atoms with Crippen LogP contribution in [0.4, 0.5) is 92.2 Å². The number of rotatable bonds is 12. The molecule has 22 heteroatoms. The maximum absolute atomic E-state index is 14.5. The van der Waals surface area contributed by atoms with Gasteiger partial charge in [-0.3, -0.25) is 4.79 Å². The van der Waals surface area contributed by atoms with Crippen molar-refractivity contribution in [3.63, 3.8) is 0 Å². The fraction of sp³-hybridized carbons (Fsp3) is 0.650. The van der Waals surface area contributed by atoms with Crippen molar-refractivity contribution in [3.05, 3.63) is 35.9 Å². The van der Waals surface area contributed by atoms with E-state index in [0.29, 0.717) is 0 Å². The van der Waals surface area contributed by atoms with Crippen LogP contribution < -0.4 is 0 Å². The van der Waals surface area contributed by atoms with Crippen LogP contribution in [0.1, 0.15) is 12.5 Å². The van der Waals surface area contributed by atoms with Crippen LogP contribution >= 0.6 is 0 Å². The Bertz CT molecular complexity index is 1120. The van der Waals surface area contributed by atoms with E-state index in [9.17, 15) is 97.0 Å². The van der Waals surface area contributed by atoms with E-state index in [4.69, 9.17) is 0 Å². The summed E-state index contributed by atoms with van der Waals surface area (Å²) in [5.41, 5.74) is -0.618. The third kappa shape index (κ3) is 4.92. The predicted molar refractivity (Wildman–Crippen MR) is 94.9 cm³/mol. The van der Waals surface area contributed by atoms with Crippen LogP contribution in [0.5, 0.6) is 0 Å². The summed E-state index contributed by atoms with van der Waals surface area (Å²) in [6, 6.07) is 4.51. The summed E-state index contributed by atoms with van der Waals surface area (Å²) >= 11 is 0. The first-order valence-corrected chi connectivity index (χ1v) is 10.2. The first-order valence-electron chi connectivity index (χ1n) is 10.2. The van der Waals surface area contributed by atoms with Gasteiger partial charge in [0.1, 0.15) is 5.78 Å². The molecule has 42 heavy (non-hydrogen) atoms. The van der Waals surface area contributed by atoms with E-state index in [1.807, 2.05) is 0 Å². The third-order valence-electron chi connectivity index (χ3n) is 5.75. The summed E-state index contributed by atoms with van der Waals surface area (Å²) in [4.78, 5) is 11.5. The minimum Gasteiger partial charge on any atom is -0.299 e. The van der Waals surface area contributed by atoms with E-state index in [1.54, 1.807) is 0 Å². The molecule has 0 aliphatic rings. The van der Waals surface area contributed by atoms with Gasteiger partial charge in [-0.25, -0.2) is 0 Å². The van der Waals surface area contributed by atoms with E-state index in [1.165, 1.54) is 0 Å². The molecule has 1 rings (SSSR count). The fourth-order valence-electron chi connectivity index (χ4n) is 3.17. The monoisotopic (exact) mass is 666 g/mol. The second kappa shape index (κ2) is 10.3. The first kappa shape index (κ1) is 37.4. The smallest absolute Gasteiger partial charge is 0.299 e. The number of carbonyl (C=O) groups excluding carboxylic acids is 1. The van der Waals surface area contributed by atoms with Gasteiger partial charge in [0, 0.05) is 0 Å². The zero-order valence-electron chi connectivity index (χ0n) is 19.5. The topological polar surface area (TPSA) is 17.1 Å². The van der Waals surface area contributed by atoms with Crippen molar-refractivity contribution in [2.45, 2.75) is 72.8 Å². The largest absolute Gasteiger partial charge is 0.460 e. The van der Waals surface area contributed by atoms with Crippen LogP contribution in [-0.2, 0) is 11.2 Å². The van der Waals surface area contributed by atoms with Crippen molar-refractivity contribution in [1.82, 2.24) is 0 Å². The lowest BCUT2D eigenvalue weighted by molar-refractivity contribution is -0.475. The highest BCUT2D eigenvalue weighted by Gasteiger charge is 2.98. The molecule has 0 radical (unpaired) electrons. The van der Waals surface area contributed by atoms with Crippen LogP contribution in [0.2, 0.25) is 0 Å². The van der Waals surface area contributed by atoms with Gasteiger partial charge in [-0.2, -0.15) is 92.2 Å². The second-order valence-electron chi connectivity index (χ2n) is 8.57. The minimum atomic E-state index is -9.24. The van der Waals surface area contributed by atoms with Crippen molar-refractivity contribution >= 4 is 5.78 Å². The molecule has 0 N–H and O–H groups in total. The highest BCUT2D eigenvalue weighted by molar-refractivity contribution is 5.80. The van der Waals surface area contributed by atoms with Gasteiger partial charge < -0.3 is 0 Å². The molecule has 0 bridgehead atoms. The molecule has 0 amide bonds. The van der Waals surface area contributed by atoms with Gasteiger partial charge in [-0.15, -0.1) is 0 Å². The van der Waals surface area contributed by atoms with Crippen molar-refractivity contribution < 1.29 is 97.0 Å².